The molecule has 2 aromatic carbocycles. The molecule has 0 atom stereocenters. The lowest BCUT2D eigenvalue weighted by Gasteiger charge is -2.12. The second-order valence-electron chi connectivity index (χ2n) is 5.61. The molecule has 0 unspecified atom stereocenters. The highest BCUT2D eigenvalue weighted by Gasteiger charge is 2.10. The van der Waals surface area contributed by atoms with Crippen LogP contribution in [0.1, 0.15) is 22.8 Å². The highest BCUT2D eigenvalue weighted by Crippen LogP contribution is 2.14. The van der Waals surface area contributed by atoms with E-state index in [1.54, 1.807) is 38.4 Å². The molecular formula is C19H22N2O3. The highest BCUT2D eigenvalue weighted by atomic mass is 16.5. The number of ether oxygens (including phenoxy) is 1. The van der Waals surface area contributed by atoms with E-state index < -0.39 is 0 Å². The van der Waals surface area contributed by atoms with Gasteiger partial charge in [-0.1, -0.05) is 25.1 Å². The van der Waals surface area contributed by atoms with Crippen molar-refractivity contribution in [1.82, 2.24) is 4.90 Å². The van der Waals surface area contributed by atoms with Crippen molar-refractivity contribution >= 4 is 17.5 Å². The van der Waals surface area contributed by atoms with E-state index >= 15 is 0 Å². The molecule has 126 valence electrons. The van der Waals surface area contributed by atoms with Crippen LogP contribution in [-0.4, -0.2) is 37.4 Å². The first-order chi connectivity index (χ1) is 11.5. The monoisotopic (exact) mass is 326 g/mol. The van der Waals surface area contributed by atoms with Crippen LogP contribution in [0.5, 0.6) is 5.75 Å². The van der Waals surface area contributed by atoms with Crippen LogP contribution in [-0.2, 0) is 11.2 Å². The molecule has 0 aliphatic carbocycles. The third-order valence-electron chi connectivity index (χ3n) is 3.50. The SMILES string of the molecule is CCc1ccc(OCC(=O)Nc2cccc(C(=O)N(C)C)c2)cc1. The third kappa shape index (κ3) is 4.84. The van der Waals surface area contributed by atoms with Crippen LogP contribution < -0.4 is 10.1 Å². The van der Waals surface area contributed by atoms with Crippen LogP contribution in [0, 0.1) is 0 Å². The van der Waals surface area contributed by atoms with Gasteiger partial charge < -0.3 is 15.0 Å². The van der Waals surface area contributed by atoms with Gasteiger partial charge in [-0.2, -0.15) is 0 Å². The Bertz CT molecular complexity index is 709. The Hall–Kier alpha value is -2.82. The first-order valence-electron chi connectivity index (χ1n) is 7.83. The molecule has 0 bridgehead atoms. The van der Waals surface area contributed by atoms with E-state index in [9.17, 15) is 9.59 Å². The summed E-state index contributed by atoms with van der Waals surface area (Å²) in [6, 6.07) is 14.5. The van der Waals surface area contributed by atoms with E-state index in [2.05, 4.69) is 12.2 Å². The van der Waals surface area contributed by atoms with Gasteiger partial charge in [0.2, 0.25) is 0 Å². The lowest BCUT2D eigenvalue weighted by atomic mass is 10.2. The highest BCUT2D eigenvalue weighted by molar-refractivity contribution is 5.97. The van der Waals surface area contributed by atoms with Gasteiger partial charge in [0.25, 0.3) is 11.8 Å². The summed E-state index contributed by atoms with van der Waals surface area (Å²) in [6.07, 6.45) is 0.961. The number of aryl methyl sites for hydroxylation is 1. The third-order valence-corrected chi connectivity index (χ3v) is 3.50. The summed E-state index contributed by atoms with van der Waals surface area (Å²) < 4.78 is 5.47. The summed E-state index contributed by atoms with van der Waals surface area (Å²) in [5.41, 5.74) is 2.31. The van der Waals surface area contributed by atoms with Crippen LogP contribution in [0.3, 0.4) is 0 Å². The van der Waals surface area contributed by atoms with Gasteiger partial charge in [0.1, 0.15) is 5.75 Å². The van der Waals surface area contributed by atoms with Gasteiger partial charge in [-0.05, 0) is 42.3 Å². The van der Waals surface area contributed by atoms with Gasteiger partial charge in [0.15, 0.2) is 6.61 Å². The average molecular weight is 326 g/mol. The first-order valence-corrected chi connectivity index (χ1v) is 7.83. The Balaban J connectivity index is 1.92. The van der Waals surface area contributed by atoms with Crippen LogP contribution in [0.4, 0.5) is 5.69 Å². The van der Waals surface area contributed by atoms with Crippen LogP contribution in [0.2, 0.25) is 0 Å². The Labute approximate surface area is 142 Å². The fourth-order valence-corrected chi connectivity index (χ4v) is 2.16. The topological polar surface area (TPSA) is 58.6 Å². The minimum absolute atomic E-state index is 0.0860. The first kappa shape index (κ1) is 17.5. The number of nitrogens with one attached hydrogen (secondary N) is 1. The van der Waals surface area contributed by atoms with Gasteiger partial charge in [-0.25, -0.2) is 0 Å². The van der Waals surface area contributed by atoms with Crippen molar-refractivity contribution in [3.63, 3.8) is 0 Å². The van der Waals surface area contributed by atoms with Gasteiger partial charge in [-0.3, -0.25) is 9.59 Å². The molecule has 5 nitrogen and oxygen atoms in total. The predicted octanol–water partition coefficient (Wildman–Crippen LogP) is 2.97. The zero-order valence-corrected chi connectivity index (χ0v) is 14.2. The lowest BCUT2D eigenvalue weighted by molar-refractivity contribution is -0.118. The smallest absolute Gasteiger partial charge is 0.262 e. The molecule has 0 aromatic heterocycles. The quantitative estimate of drug-likeness (QED) is 0.888. The van der Waals surface area contributed by atoms with E-state index in [0.29, 0.717) is 17.0 Å². The Morgan fingerprint density at radius 3 is 2.42 bits per heavy atom. The zero-order chi connectivity index (χ0) is 17.5. The molecule has 2 amide bonds. The van der Waals surface area contributed by atoms with Crippen LogP contribution in [0.15, 0.2) is 48.5 Å². The van der Waals surface area contributed by atoms with E-state index in [-0.39, 0.29) is 18.4 Å². The van der Waals surface area contributed by atoms with E-state index in [1.165, 1.54) is 10.5 Å². The number of amides is 2. The largest absolute Gasteiger partial charge is 0.484 e. The second kappa shape index (κ2) is 8.15. The molecule has 0 heterocycles. The summed E-state index contributed by atoms with van der Waals surface area (Å²) in [7, 11) is 3.37. The van der Waals surface area contributed by atoms with Gasteiger partial charge >= 0.3 is 0 Å². The minimum Gasteiger partial charge on any atom is -0.484 e. The van der Waals surface area contributed by atoms with Crippen molar-refractivity contribution in [2.45, 2.75) is 13.3 Å². The molecule has 1 N–H and O–H groups in total. The maximum absolute atomic E-state index is 12.0. The number of anilines is 1. The van der Waals surface area contributed by atoms with Gasteiger partial charge in [-0.15, -0.1) is 0 Å². The summed E-state index contributed by atoms with van der Waals surface area (Å²) in [6.45, 7) is 2.00. The maximum atomic E-state index is 12.0. The van der Waals surface area contributed by atoms with Crippen molar-refractivity contribution in [2.24, 2.45) is 0 Å². The predicted molar refractivity (Wildman–Crippen MR) is 94.4 cm³/mol. The molecule has 0 fully saturated rings. The van der Waals surface area contributed by atoms with Gasteiger partial charge in [0, 0.05) is 25.3 Å². The van der Waals surface area contributed by atoms with E-state index in [1.807, 2.05) is 24.3 Å². The van der Waals surface area contributed by atoms with Crippen molar-refractivity contribution in [3.05, 3.63) is 59.7 Å². The standard InChI is InChI=1S/C19H22N2O3/c1-4-14-8-10-17(11-9-14)24-13-18(22)20-16-7-5-6-15(12-16)19(23)21(2)3/h5-12H,4,13H2,1-3H3,(H,20,22). The van der Waals surface area contributed by atoms with E-state index in [4.69, 9.17) is 4.74 Å². The lowest BCUT2D eigenvalue weighted by Crippen LogP contribution is -2.23. The Kier molecular flexibility index (Phi) is 5.95. The number of hydrogen-bond donors (Lipinski definition) is 1. The van der Waals surface area contributed by atoms with E-state index in [0.717, 1.165) is 6.42 Å². The summed E-state index contributed by atoms with van der Waals surface area (Å²) in [5, 5.41) is 2.73. The molecular weight excluding hydrogens is 304 g/mol. The molecule has 0 saturated heterocycles. The molecule has 0 aliphatic heterocycles. The van der Waals surface area contributed by atoms with Crippen molar-refractivity contribution < 1.29 is 14.3 Å². The molecule has 2 rings (SSSR count). The summed E-state index contributed by atoms with van der Waals surface area (Å²) in [5.74, 6) is 0.265. The number of nitrogens with zero attached hydrogens (tertiary/aromatic N) is 1. The minimum atomic E-state index is -0.274. The molecule has 0 radical (unpaired) electrons. The molecule has 0 spiro atoms. The molecule has 5 heteroatoms. The van der Waals surface area contributed by atoms with Crippen LogP contribution in [0.25, 0.3) is 0 Å². The van der Waals surface area contributed by atoms with Crippen molar-refractivity contribution in [1.29, 1.82) is 0 Å². The van der Waals surface area contributed by atoms with Gasteiger partial charge in [0.05, 0.1) is 0 Å². The number of carbonyl (C=O) groups is 2. The molecule has 0 saturated carbocycles. The molecule has 2 aromatic rings. The Morgan fingerprint density at radius 1 is 1.08 bits per heavy atom. The number of benzene rings is 2. The molecule has 24 heavy (non-hydrogen) atoms. The number of rotatable bonds is 6. The molecule has 0 aliphatic rings. The van der Waals surface area contributed by atoms with Crippen molar-refractivity contribution in [2.75, 3.05) is 26.0 Å². The fraction of sp³-hybridized carbons (Fsp3) is 0.263. The number of hydrogen-bond acceptors (Lipinski definition) is 3. The zero-order valence-electron chi connectivity index (χ0n) is 14.2. The Morgan fingerprint density at radius 2 is 1.79 bits per heavy atom. The van der Waals surface area contributed by atoms with Crippen LogP contribution >= 0.6 is 0 Å². The normalized spacial score (nSPS) is 10.1. The summed E-state index contributed by atoms with van der Waals surface area (Å²) in [4.78, 5) is 25.4. The summed E-state index contributed by atoms with van der Waals surface area (Å²) >= 11 is 0. The fourth-order valence-electron chi connectivity index (χ4n) is 2.16. The average Bonchev–Trinajstić information content (AvgIpc) is 2.60. The maximum Gasteiger partial charge on any atom is 0.262 e. The number of carbonyl (C=O) groups excluding carboxylic acids is 2. The van der Waals surface area contributed by atoms with Crippen molar-refractivity contribution in [3.8, 4) is 5.75 Å². The second-order valence-corrected chi connectivity index (χ2v) is 5.61.